The molecule has 0 bridgehead atoms. The fourth-order valence-electron chi connectivity index (χ4n) is 3.65. The first-order valence-corrected chi connectivity index (χ1v) is 11.7. The van der Waals surface area contributed by atoms with E-state index in [-0.39, 0.29) is 18.6 Å². The summed E-state index contributed by atoms with van der Waals surface area (Å²) in [6, 6.07) is 11.4. The van der Waals surface area contributed by atoms with Crippen LogP contribution in [0.2, 0.25) is 0 Å². The van der Waals surface area contributed by atoms with E-state index < -0.39 is 0 Å². The lowest BCUT2D eigenvalue weighted by molar-refractivity contribution is -0.111. The van der Waals surface area contributed by atoms with Crippen molar-refractivity contribution in [1.82, 2.24) is 9.88 Å². The second-order valence-electron chi connectivity index (χ2n) is 7.74. The molecule has 0 aliphatic carbocycles. The zero-order valence-corrected chi connectivity index (χ0v) is 19.6. The van der Waals surface area contributed by atoms with E-state index in [2.05, 4.69) is 10.3 Å². The molecule has 0 saturated carbocycles. The lowest BCUT2D eigenvalue weighted by Gasteiger charge is -2.26. The summed E-state index contributed by atoms with van der Waals surface area (Å²) in [4.78, 5) is 31.6. The van der Waals surface area contributed by atoms with Gasteiger partial charge in [-0.25, -0.2) is 4.79 Å². The van der Waals surface area contributed by atoms with E-state index >= 15 is 0 Å². The Morgan fingerprint density at radius 2 is 2.18 bits per heavy atom. The standard InChI is InChI=1S/C25H26N4O4S/c1-32-19-6-2-4-17(14-19)10-13-33-25(31)29-12-9-20-21(16-29)34-24(23(20)26)28-22(30)8-7-18-5-3-11-27-15-18/h2-8,11,14-15H,9-10,12-13,16,26H2,1H3,(H,28,30)/b8-7+. The van der Waals surface area contributed by atoms with Crippen molar-refractivity contribution in [2.24, 2.45) is 0 Å². The number of carbonyl (C=O) groups is 2. The third-order valence-electron chi connectivity index (χ3n) is 5.45. The maximum absolute atomic E-state index is 12.6. The third kappa shape index (κ3) is 5.74. The van der Waals surface area contributed by atoms with Crippen LogP contribution in [0, 0.1) is 0 Å². The Balaban J connectivity index is 1.31. The van der Waals surface area contributed by atoms with E-state index in [1.807, 2.05) is 30.3 Å². The van der Waals surface area contributed by atoms with Crippen molar-refractivity contribution in [2.45, 2.75) is 19.4 Å². The molecule has 176 valence electrons. The number of benzene rings is 1. The molecule has 9 heteroatoms. The maximum Gasteiger partial charge on any atom is 0.410 e. The summed E-state index contributed by atoms with van der Waals surface area (Å²) in [5.74, 6) is 0.501. The van der Waals surface area contributed by atoms with Gasteiger partial charge in [-0.3, -0.25) is 9.78 Å². The zero-order chi connectivity index (χ0) is 23.9. The topological polar surface area (TPSA) is 107 Å². The van der Waals surface area contributed by atoms with Crippen LogP contribution >= 0.6 is 11.3 Å². The number of nitrogens with one attached hydrogen (secondary N) is 1. The number of amides is 2. The number of hydrogen-bond donors (Lipinski definition) is 2. The van der Waals surface area contributed by atoms with Gasteiger partial charge in [-0.1, -0.05) is 18.2 Å². The van der Waals surface area contributed by atoms with Crippen LogP contribution in [0.25, 0.3) is 6.08 Å². The molecule has 0 fully saturated rings. The second kappa shape index (κ2) is 10.8. The normalized spacial score (nSPS) is 12.9. The largest absolute Gasteiger partial charge is 0.497 e. The number of carbonyl (C=O) groups excluding carboxylic acids is 2. The molecule has 1 aliphatic rings. The minimum atomic E-state index is -0.356. The number of fused-ring (bicyclic) bond motifs is 1. The molecule has 4 rings (SSSR count). The average Bonchev–Trinajstić information content (AvgIpc) is 3.17. The Kier molecular flexibility index (Phi) is 7.44. The van der Waals surface area contributed by atoms with Gasteiger partial charge in [-0.2, -0.15) is 0 Å². The fourth-order valence-corrected chi connectivity index (χ4v) is 4.84. The maximum atomic E-state index is 12.6. The van der Waals surface area contributed by atoms with E-state index in [0.29, 0.717) is 36.6 Å². The summed E-state index contributed by atoms with van der Waals surface area (Å²) in [5, 5.41) is 3.44. The number of ether oxygens (including phenoxy) is 2. The molecule has 0 spiro atoms. The highest BCUT2D eigenvalue weighted by Gasteiger charge is 2.27. The van der Waals surface area contributed by atoms with Gasteiger partial charge in [0.25, 0.3) is 0 Å². The smallest absolute Gasteiger partial charge is 0.410 e. The van der Waals surface area contributed by atoms with Crippen molar-refractivity contribution in [1.29, 1.82) is 0 Å². The fraction of sp³-hybridized carbons (Fsp3) is 0.240. The number of thiophene rings is 1. The molecule has 2 aromatic heterocycles. The van der Waals surface area contributed by atoms with Crippen LogP contribution in [0.3, 0.4) is 0 Å². The van der Waals surface area contributed by atoms with E-state index in [1.54, 1.807) is 36.5 Å². The van der Waals surface area contributed by atoms with Crippen molar-refractivity contribution < 1.29 is 19.1 Å². The first-order chi connectivity index (χ1) is 16.5. The van der Waals surface area contributed by atoms with E-state index in [9.17, 15) is 9.59 Å². The Labute approximate surface area is 202 Å². The highest BCUT2D eigenvalue weighted by atomic mass is 32.1. The summed E-state index contributed by atoms with van der Waals surface area (Å²) in [6.45, 7) is 1.20. The molecule has 0 atom stereocenters. The van der Waals surface area contributed by atoms with Gasteiger partial charge in [0.2, 0.25) is 5.91 Å². The molecular formula is C25H26N4O4S. The molecule has 0 unspecified atom stereocenters. The zero-order valence-electron chi connectivity index (χ0n) is 18.8. The summed E-state index contributed by atoms with van der Waals surface area (Å²) in [7, 11) is 1.62. The minimum Gasteiger partial charge on any atom is -0.497 e. The second-order valence-corrected chi connectivity index (χ2v) is 8.85. The van der Waals surface area contributed by atoms with Gasteiger partial charge >= 0.3 is 6.09 Å². The molecular weight excluding hydrogens is 452 g/mol. The number of aromatic nitrogens is 1. The molecule has 3 aromatic rings. The van der Waals surface area contributed by atoms with Crippen LogP contribution in [0.5, 0.6) is 5.75 Å². The first-order valence-electron chi connectivity index (χ1n) is 10.9. The SMILES string of the molecule is COc1cccc(CCOC(=O)N2CCc3c(sc(NC(=O)/C=C/c4cccnc4)c3N)C2)c1. The summed E-state index contributed by atoms with van der Waals surface area (Å²) in [6.07, 6.45) is 7.35. The van der Waals surface area contributed by atoms with Gasteiger partial charge < -0.3 is 25.4 Å². The van der Waals surface area contributed by atoms with Crippen LogP contribution in [-0.4, -0.2) is 42.1 Å². The Hall–Kier alpha value is -3.85. The molecule has 2 amide bonds. The lowest BCUT2D eigenvalue weighted by atomic mass is 10.1. The summed E-state index contributed by atoms with van der Waals surface area (Å²) < 4.78 is 10.7. The molecule has 34 heavy (non-hydrogen) atoms. The highest BCUT2D eigenvalue weighted by Crippen LogP contribution is 2.39. The Morgan fingerprint density at radius 1 is 1.29 bits per heavy atom. The third-order valence-corrected chi connectivity index (χ3v) is 6.60. The number of nitrogens with zero attached hydrogens (tertiary/aromatic N) is 2. The van der Waals surface area contributed by atoms with Crippen molar-refractivity contribution in [3.8, 4) is 5.75 Å². The van der Waals surface area contributed by atoms with E-state index in [1.165, 1.54) is 17.4 Å². The van der Waals surface area contributed by atoms with Crippen LogP contribution < -0.4 is 15.8 Å². The average molecular weight is 479 g/mol. The number of nitrogen functional groups attached to an aromatic ring is 1. The number of anilines is 2. The van der Waals surface area contributed by atoms with E-state index in [0.717, 1.165) is 27.3 Å². The van der Waals surface area contributed by atoms with Crippen molar-refractivity contribution >= 4 is 40.1 Å². The van der Waals surface area contributed by atoms with Gasteiger partial charge in [0, 0.05) is 36.3 Å². The molecule has 3 N–H and O–H groups in total. The number of hydrogen-bond acceptors (Lipinski definition) is 7. The molecule has 8 nitrogen and oxygen atoms in total. The number of nitrogens with two attached hydrogens (primary N) is 1. The molecule has 1 aromatic carbocycles. The van der Waals surface area contributed by atoms with Crippen LogP contribution in [-0.2, 0) is 28.9 Å². The number of rotatable bonds is 7. The predicted octanol–water partition coefficient (Wildman–Crippen LogP) is 4.12. The Morgan fingerprint density at radius 3 is 2.97 bits per heavy atom. The molecule has 0 saturated heterocycles. The van der Waals surface area contributed by atoms with Crippen molar-refractivity contribution in [3.63, 3.8) is 0 Å². The summed E-state index contributed by atoms with van der Waals surface area (Å²) in [5.41, 5.74) is 9.70. The lowest BCUT2D eigenvalue weighted by Crippen LogP contribution is -2.36. The van der Waals surface area contributed by atoms with E-state index in [4.69, 9.17) is 15.2 Å². The van der Waals surface area contributed by atoms with Crippen molar-refractivity contribution in [3.05, 3.63) is 76.4 Å². The molecule has 1 aliphatic heterocycles. The van der Waals surface area contributed by atoms with Gasteiger partial charge in [-0.05, 0) is 47.4 Å². The Bertz CT molecular complexity index is 1190. The van der Waals surface area contributed by atoms with Crippen LogP contribution in [0.4, 0.5) is 15.5 Å². The number of pyridine rings is 1. The predicted molar refractivity (Wildman–Crippen MR) is 133 cm³/mol. The van der Waals surface area contributed by atoms with Gasteiger partial charge in [-0.15, -0.1) is 11.3 Å². The molecule has 3 heterocycles. The quantitative estimate of drug-likeness (QED) is 0.495. The highest BCUT2D eigenvalue weighted by molar-refractivity contribution is 7.17. The summed E-state index contributed by atoms with van der Waals surface area (Å²) >= 11 is 1.39. The van der Waals surface area contributed by atoms with Crippen LogP contribution in [0.1, 0.15) is 21.6 Å². The number of methoxy groups -OCH3 is 1. The van der Waals surface area contributed by atoms with Gasteiger partial charge in [0.1, 0.15) is 10.8 Å². The van der Waals surface area contributed by atoms with Gasteiger partial charge in [0.05, 0.1) is 25.9 Å². The minimum absolute atomic E-state index is 0.275. The monoisotopic (exact) mass is 478 g/mol. The molecule has 0 radical (unpaired) electrons. The van der Waals surface area contributed by atoms with Crippen LogP contribution in [0.15, 0.2) is 54.9 Å². The van der Waals surface area contributed by atoms with Crippen molar-refractivity contribution in [2.75, 3.05) is 31.3 Å². The first kappa shape index (κ1) is 23.3. The van der Waals surface area contributed by atoms with Gasteiger partial charge in [0.15, 0.2) is 0 Å².